The molecular weight excluding hydrogens is 410 g/mol. The summed E-state index contributed by atoms with van der Waals surface area (Å²) < 4.78 is 1.10. The van der Waals surface area contributed by atoms with Gasteiger partial charge in [-0.25, -0.2) is 4.98 Å². The molecule has 0 saturated carbocycles. The third kappa shape index (κ3) is 6.21. The first-order valence-electron chi connectivity index (χ1n) is 9.42. The van der Waals surface area contributed by atoms with Crippen LogP contribution < -0.4 is 21.9 Å². The molecule has 0 radical (unpaired) electrons. The summed E-state index contributed by atoms with van der Waals surface area (Å²) in [7, 11) is 0. The molecule has 2 aromatic rings. The Morgan fingerprint density at radius 3 is 2.47 bits per heavy atom. The van der Waals surface area contributed by atoms with Crippen molar-refractivity contribution in [2.75, 3.05) is 11.1 Å². The number of anilines is 2. The van der Waals surface area contributed by atoms with E-state index in [1.807, 2.05) is 27.7 Å². The van der Waals surface area contributed by atoms with Crippen molar-refractivity contribution >= 4 is 35.8 Å². The fraction of sp³-hybridized carbons (Fsp3) is 0.400. The molecule has 1 aromatic heterocycles. The summed E-state index contributed by atoms with van der Waals surface area (Å²) >= 11 is 0. The number of carbonyl (C=O) groups excluding carboxylic acids is 1. The van der Waals surface area contributed by atoms with Crippen molar-refractivity contribution in [3.63, 3.8) is 0 Å². The first-order valence-corrected chi connectivity index (χ1v) is 9.42. The van der Waals surface area contributed by atoms with Gasteiger partial charge in [-0.2, -0.15) is 0 Å². The van der Waals surface area contributed by atoms with E-state index < -0.39 is 18.1 Å². The summed E-state index contributed by atoms with van der Waals surface area (Å²) in [6.45, 7) is 6.98. The molecule has 0 aliphatic carbocycles. The number of carboxylic acids is 1. The Balaban J connectivity index is 0.00000450. The number of hydrogen-bond donors (Lipinski definition) is 4. The highest BCUT2D eigenvalue weighted by Crippen LogP contribution is 2.23. The minimum atomic E-state index is -1.17. The minimum absolute atomic E-state index is 0. The Morgan fingerprint density at radius 1 is 1.23 bits per heavy atom. The molecule has 1 heterocycles. The Kier molecular flexibility index (Phi) is 8.85. The van der Waals surface area contributed by atoms with Gasteiger partial charge < -0.3 is 21.5 Å². The van der Waals surface area contributed by atoms with Gasteiger partial charge in [-0.3, -0.25) is 19.0 Å². The number of carboxylic acid groups (broad SMARTS) is 1. The van der Waals surface area contributed by atoms with E-state index >= 15 is 0 Å². The Labute approximate surface area is 181 Å². The number of carbonyl (C=O) groups is 2. The molecule has 164 valence electrons. The number of nitrogens with zero attached hydrogens (tertiary/aromatic N) is 2. The zero-order chi connectivity index (χ0) is 21.7. The van der Waals surface area contributed by atoms with Gasteiger partial charge in [-0.15, -0.1) is 12.4 Å². The van der Waals surface area contributed by atoms with E-state index in [0.717, 1.165) is 11.0 Å². The molecule has 0 spiro atoms. The van der Waals surface area contributed by atoms with E-state index in [2.05, 4.69) is 15.6 Å². The van der Waals surface area contributed by atoms with Gasteiger partial charge in [0.05, 0.1) is 11.9 Å². The number of nitrogens with two attached hydrogens (primary N) is 1. The molecule has 0 saturated heterocycles. The molecule has 30 heavy (non-hydrogen) atoms. The van der Waals surface area contributed by atoms with Gasteiger partial charge in [-0.1, -0.05) is 6.92 Å². The maximum absolute atomic E-state index is 12.8. The van der Waals surface area contributed by atoms with E-state index in [0.29, 0.717) is 16.8 Å². The Hall–Kier alpha value is -3.07. The maximum Gasteiger partial charge on any atom is 0.323 e. The zero-order valence-electron chi connectivity index (χ0n) is 17.4. The highest BCUT2D eigenvalue weighted by atomic mass is 35.5. The SMILES string of the molecule is CC[C@@H](C)NC(=O)c1cc(N)cc(-c2cnc(NC(C)C)c(=O)n2CC(=O)O)c1.Cl. The molecule has 5 N–H and O–H groups in total. The predicted octanol–water partition coefficient (Wildman–Crippen LogP) is 2.35. The highest BCUT2D eigenvalue weighted by molar-refractivity contribution is 5.96. The largest absolute Gasteiger partial charge is 0.480 e. The smallest absolute Gasteiger partial charge is 0.323 e. The van der Waals surface area contributed by atoms with Gasteiger partial charge in [0.2, 0.25) is 0 Å². The van der Waals surface area contributed by atoms with E-state index in [4.69, 9.17) is 5.73 Å². The fourth-order valence-corrected chi connectivity index (χ4v) is 2.72. The lowest BCUT2D eigenvalue weighted by Gasteiger charge is -2.16. The highest BCUT2D eigenvalue weighted by Gasteiger charge is 2.17. The van der Waals surface area contributed by atoms with Crippen molar-refractivity contribution in [3.05, 3.63) is 40.3 Å². The lowest BCUT2D eigenvalue weighted by atomic mass is 10.1. The van der Waals surface area contributed by atoms with Crippen molar-refractivity contribution in [1.29, 1.82) is 0 Å². The fourth-order valence-electron chi connectivity index (χ4n) is 2.72. The van der Waals surface area contributed by atoms with Crippen LogP contribution in [0.3, 0.4) is 0 Å². The van der Waals surface area contributed by atoms with Crippen LogP contribution >= 0.6 is 12.4 Å². The number of aliphatic carboxylic acids is 1. The van der Waals surface area contributed by atoms with Crippen LogP contribution in [0, 0.1) is 0 Å². The van der Waals surface area contributed by atoms with Crippen LogP contribution in [0.4, 0.5) is 11.5 Å². The Bertz CT molecular complexity index is 974. The van der Waals surface area contributed by atoms with Crippen LogP contribution in [0.1, 0.15) is 44.5 Å². The Morgan fingerprint density at radius 2 is 1.90 bits per heavy atom. The summed E-state index contributed by atoms with van der Waals surface area (Å²) in [6, 6.07) is 4.61. The molecule has 9 nitrogen and oxygen atoms in total. The van der Waals surface area contributed by atoms with E-state index in [1.165, 1.54) is 12.3 Å². The lowest BCUT2D eigenvalue weighted by molar-refractivity contribution is -0.137. The second kappa shape index (κ2) is 10.6. The number of amides is 1. The van der Waals surface area contributed by atoms with Gasteiger partial charge in [0.15, 0.2) is 5.82 Å². The standard InChI is InChI=1S/C20H27N5O4.ClH/c1-5-12(4)24-19(28)14-6-13(7-15(21)8-14)16-9-22-18(23-11(2)3)20(29)25(16)10-17(26)27;/h6-9,11-12H,5,10,21H2,1-4H3,(H,22,23)(H,24,28)(H,26,27);1H/t12-;/m1./s1. The van der Waals surface area contributed by atoms with Crippen molar-refractivity contribution in [2.45, 2.75) is 52.7 Å². The van der Waals surface area contributed by atoms with Crippen molar-refractivity contribution in [1.82, 2.24) is 14.9 Å². The summed E-state index contributed by atoms with van der Waals surface area (Å²) in [5, 5.41) is 15.0. The molecule has 0 bridgehead atoms. The monoisotopic (exact) mass is 437 g/mol. The van der Waals surface area contributed by atoms with Crippen LogP contribution in [-0.2, 0) is 11.3 Å². The molecule has 0 aliphatic rings. The number of halogens is 1. The zero-order valence-corrected chi connectivity index (χ0v) is 18.2. The van der Waals surface area contributed by atoms with Crippen LogP contribution in [0.2, 0.25) is 0 Å². The molecule has 10 heteroatoms. The summed E-state index contributed by atoms with van der Waals surface area (Å²) in [5.74, 6) is -1.41. The van der Waals surface area contributed by atoms with Gasteiger partial charge in [0.25, 0.3) is 11.5 Å². The third-order valence-corrected chi connectivity index (χ3v) is 4.28. The molecule has 0 fully saturated rings. The van der Waals surface area contributed by atoms with Crippen LogP contribution in [0.25, 0.3) is 11.3 Å². The third-order valence-electron chi connectivity index (χ3n) is 4.28. The molecule has 1 amide bonds. The van der Waals surface area contributed by atoms with E-state index in [9.17, 15) is 19.5 Å². The second-order valence-electron chi connectivity index (χ2n) is 7.20. The number of nitrogens with one attached hydrogen (secondary N) is 2. The molecule has 0 unspecified atom stereocenters. The molecule has 0 aliphatic heterocycles. The van der Waals surface area contributed by atoms with Crippen LogP contribution in [0.5, 0.6) is 0 Å². The number of hydrogen-bond acceptors (Lipinski definition) is 6. The number of benzene rings is 1. The van der Waals surface area contributed by atoms with Crippen molar-refractivity contribution in [3.8, 4) is 11.3 Å². The van der Waals surface area contributed by atoms with Crippen LogP contribution in [0.15, 0.2) is 29.2 Å². The normalized spacial score (nSPS) is 11.5. The first-order chi connectivity index (χ1) is 13.6. The molecule has 1 aromatic carbocycles. The maximum atomic E-state index is 12.8. The molecular formula is C20H28ClN5O4. The molecule has 2 rings (SSSR count). The van der Waals surface area contributed by atoms with Crippen molar-refractivity contribution in [2.24, 2.45) is 0 Å². The first kappa shape index (κ1) is 25.0. The molecule has 1 atom stereocenters. The van der Waals surface area contributed by atoms with Gasteiger partial charge in [0, 0.05) is 28.9 Å². The van der Waals surface area contributed by atoms with E-state index in [1.54, 1.807) is 12.1 Å². The predicted molar refractivity (Wildman–Crippen MR) is 119 cm³/mol. The topological polar surface area (TPSA) is 139 Å². The average Bonchev–Trinajstić information content (AvgIpc) is 2.63. The summed E-state index contributed by atoms with van der Waals surface area (Å²) in [6.07, 6.45) is 2.17. The van der Waals surface area contributed by atoms with Gasteiger partial charge in [0.1, 0.15) is 6.54 Å². The number of rotatable bonds is 8. The number of nitrogen functional groups attached to an aromatic ring is 1. The summed E-state index contributed by atoms with van der Waals surface area (Å²) in [4.78, 5) is 40.8. The van der Waals surface area contributed by atoms with E-state index in [-0.39, 0.29) is 41.9 Å². The second-order valence-corrected chi connectivity index (χ2v) is 7.20. The minimum Gasteiger partial charge on any atom is -0.480 e. The quantitative estimate of drug-likeness (QED) is 0.464. The summed E-state index contributed by atoms with van der Waals surface area (Å²) in [5.41, 5.74) is 6.73. The van der Waals surface area contributed by atoms with Gasteiger partial charge in [-0.05, 0) is 45.4 Å². The van der Waals surface area contributed by atoms with Gasteiger partial charge >= 0.3 is 5.97 Å². The van der Waals surface area contributed by atoms with Crippen molar-refractivity contribution < 1.29 is 14.7 Å². The number of aromatic nitrogens is 2. The van der Waals surface area contributed by atoms with Crippen LogP contribution in [-0.4, -0.2) is 38.6 Å². The lowest BCUT2D eigenvalue weighted by Crippen LogP contribution is -2.32. The average molecular weight is 438 g/mol.